The summed E-state index contributed by atoms with van der Waals surface area (Å²) in [6.45, 7) is 4.39. The lowest BCUT2D eigenvalue weighted by atomic mass is 10.1. The van der Waals surface area contributed by atoms with E-state index in [1.54, 1.807) is 6.92 Å². The summed E-state index contributed by atoms with van der Waals surface area (Å²) in [7, 11) is 0. The number of aromatic nitrogens is 2. The molecule has 0 bridgehead atoms. The third-order valence-electron chi connectivity index (χ3n) is 3.75. The maximum atomic E-state index is 11.9. The smallest absolute Gasteiger partial charge is 0.313 e. The lowest BCUT2D eigenvalue weighted by Gasteiger charge is -2.07. The zero-order valence-corrected chi connectivity index (χ0v) is 16.7. The van der Waals surface area contributed by atoms with Crippen molar-refractivity contribution >= 4 is 50.5 Å². The van der Waals surface area contributed by atoms with Crippen LogP contribution in [0.2, 0.25) is 0 Å². The van der Waals surface area contributed by atoms with E-state index in [1.165, 1.54) is 11.3 Å². The minimum Gasteiger partial charge on any atom is -0.483 e. The number of nitrogens with two attached hydrogens (primary N) is 1. The highest BCUT2D eigenvalue weighted by Crippen LogP contribution is 2.39. The van der Waals surface area contributed by atoms with Crippen molar-refractivity contribution in [3.05, 3.63) is 41.0 Å². The molecule has 27 heavy (non-hydrogen) atoms. The van der Waals surface area contributed by atoms with Gasteiger partial charge in [-0.2, -0.15) is 0 Å². The number of anilines is 1. The van der Waals surface area contributed by atoms with Gasteiger partial charge in [-0.3, -0.25) is 4.79 Å². The summed E-state index contributed by atoms with van der Waals surface area (Å²) < 4.78 is 10.5. The van der Waals surface area contributed by atoms with Gasteiger partial charge in [-0.25, -0.2) is 9.97 Å². The number of nitrogen functional groups attached to an aromatic ring is 1. The normalized spacial score (nSPS) is 10.7. The molecule has 2 aromatic heterocycles. The molecule has 8 heteroatoms. The quantitative estimate of drug-likeness (QED) is 0.497. The zero-order valence-electron chi connectivity index (χ0n) is 15.0. The van der Waals surface area contributed by atoms with Crippen LogP contribution in [0.4, 0.5) is 5.69 Å². The maximum absolute atomic E-state index is 11.9. The van der Waals surface area contributed by atoms with Crippen LogP contribution in [0, 0.1) is 0 Å². The Morgan fingerprint density at radius 1 is 1.15 bits per heavy atom. The van der Waals surface area contributed by atoms with E-state index in [0.29, 0.717) is 45.2 Å². The first-order valence-electron chi connectivity index (χ1n) is 8.52. The van der Waals surface area contributed by atoms with Gasteiger partial charge < -0.3 is 15.2 Å². The summed E-state index contributed by atoms with van der Waals surface area (Å²) in [5, 5.41) is 1.06. The molecule has 1 aromatic carbocycles. The zero-order chi connectivity index (χ0) is 19.4. The lowest BCUT2D eigenvalue weighted by molar-refractivity contribution is -0.142. The molecule has 140 valence electrons. The van der Waals surface area contributed by atoms with Crippen molar-refractivity contribution in [2.45, 2.75) is 20.3 Å². The number of carbonyl (C=O) groups excluding carboxylic acids is 1. The van der Waals surface area contributed by atoms with Gasteiger partial charge in [0.2, 0.25) is 5.05 Å². The Morgan fingerprint density at radius 3 is 2.52 bits per heavy atom. The molecule has 0 unspecified atom stereocenters. The molecule has 2 N–H and O–H groups in total. The fourth-order valence-corrected chi connectivity index (χ4v) is 4.00. The van der Waals surface area contributed by atoms with Crippen molar-refractivity contribution in [2.24, 2.45) is 0 Å². The molecule has 0 aliphatic heterocycles. The highest BCUT2D eigenvalue weighted by Gasteiger charge is 2.21. The Hall–Kier alpha value is -2.58. The Balaban J connectivity index is 2.18. The van der Waals surface area contributed by atoms with E-state index in [1.807, 2.05) is 37.3 Å². The average molecular weight is 402 g/mol. The Kier molecular flexibility index (Phi) is 5.98. The molecular formula is C19H19N3O3S2. The molecule has 0 saturated carbocycles. The molecule has 0 radical (unpaired) electrons. The molecule has 2 heterocycles. The van der Waals surface area contributed by atoms with Crippen LogP contribution < -0.4 is 5.73 Å². The second-order valence-electron chi connectivity index (χ2n) is 5.58. The molecule has 0 atom stereocenters. The predicted molar refractivity (Wildman–Crippen MR) is 111 cm³/mol. The van der Waals surface area contributed by atoms with E-state index in [9.17, 15) is 4.79 Å². The van der Waals surface area contributed by atoms with E-state index < -0.39 is 0 Å². The number of thiophene rings is 1. The second kappa shape index (κ2) is 8.41. The minimum absolute atomic E-state index is 0.00728. The van der Waals surface area contributed by atoms with Gasteiger partial charge in [0.25, 0.3) is 0 Å². The topological polar surface area (TPSA) is 87.3 Å². The van der Waals surface area contributed by atoms with Crippen LogP contribution in [0.15, 0.2) is 30.3 Å². The Labute approximate surface area is 166 Å². The number of thiocarbonyl (C=S) groups is 1. The molecule has 0 spiro atoms. The van der Waals surface area contributed by atoms with E-state index in [4.69, 9.17) is 27.4 Å². The van der Waals surface area contributed by atoms with Crippen molar-refractivity contribution in [1.29, 1.82) is 0 Å². The minimum atomic E-state index is -0.370. The van der Waals surface area contributed by atoms with Gasteiger partial charge in [0.1, 0.15) is 22.0 Å². The summed E-state index contributed by atoms with van der Waals surface area (Å²) >= 11 is 6.67. The van der Waals surface area contributed by atoms with Crippen LogP contribution in [0.3, 0.4) is 0 Å². The largest absolute Gasteiger partial charge is 0.483 e. The molecule has 0 aliphatic carbocycles. The van der Waals surface area contributed by atoms with Gasteiger partial charge in [0.15, 0.2) is 0 Å². The van der Waals surface area contributed by atoms with Crippen LogP contribution in [0.25, 0.3) is 21.5 Å². The standard InChI is InChI=1S/C19H19N3O3S2/c1-3-24-13(23)10-12-21-16(11-8-6-5-7-9-11)14-15(20)17(19(26)25-4-2)27-18(14)22-12/h5-9H,3-4,10,20H2,1-2H3. The molecular weight excluding hydrogens is 382 g/mol. The molecule has 3 rings (SSSR count). The summed E-state index contributed by atoms with van der Waals surface area (Å²) in [4.78, 5) is 22.3. The van der Waals surface area contributed by atoms with Gasteiger partial charge in [0.05, 0.1) is 30.0 Å². The average Bonchev–Trinajstić information content (AvgIpc) is 2.99. The summed E-state index contributed by atoms with van der Waals surface area (Å²) in [5.74, 6) is 0.0142. The maximum Gasteiger partial charge on any atom is 0.313 e. The molecule has 0 fully saturated rings. The number of carbonyl (C=O) groups is 1. The highest BCUT2D eigenvalue weighted by molar-refractivity contribution is 7.81. The van der Waals surface area contributed by atoms with Crippen molar-refractivity contribution < 1.29 is 14.3 Å². The summed E-state index contributed by atoms with van der Waals surface area (Å²) in [6, 6.07) is 9.64. The monoisotopic (exact) mass is 401 g/mol. The Morgan fingerprint density at radius 2 is 1.85 bits per heavy atom. The van der Waals surface area contributed by atoms with Gasteiger partial charge in [-0.05, 0) is 26.1 Å². The van der Waals surface area contributed by atoms with Crippen LogP contribution in [0.1, 0.15) is 24.5 Å². The summed E-state index contributed by atoms with van der Waals surface area (Å²) in [5.41, 5.74) is 8.42. The number of hydrogen-bond donors (Lipinski definition) is 1. The van der Waals surface area contributed by atoms with Crippen LogP contribution in [0.5, 0.6) is 0 Å². The molecule has 3 aromatic rings. The Bertz CT molecular complexity index is 987. The number of benzene rings is 1. The van der Waals surface area contributed by atoms with Gasteiger partial charge in [-0.15, -0.1) is 11.3 Å². The van der Waals surface area contributed by atoms with E-state index in [2.05, 4.69) is 9.97 Å². The first-order valence-corrected chi connectivity index (χ1v) is 9.74. The number of fused-ring (bicyclic) bond motifs is 1. The molecule has 6 nitrogen and oxygen atoms in total. The van der Waals surface area contributed by atoms with Crippen molar-refractivity contribution in [1.82, 2.24) is 9.97 Å². The third-order valence-corrected chi connectivity index (χ3v) is 5.30. The van der Waals surface area contributed by atoms with Gasteiger partial charge in [0, 0.05) is 5.56 Å². The number of ether oxygens (including phenoxy) is 2. The van der Waals surface area contributed by atoms with Crippen LogP contribution >= 0.6 is 23.6 Å². The highest BCUT2D eigenvalue weighted by atomic mass is 32.1. The number of rotatable bonds is 6. The number of hydrogen-bond acceptors (Lipinski definition) is 8. The van der Waals surface area contributed by atoms with Crippen LogP contribution in [-0.4, -0.2) is 34.2 Å². The fourth-order valence-electron chi connectivity index (χ4n) is 2.64. The van der Waals surface area contributed by atoms with E-state index in [-0.39, 0.29) is 12.4 Å². The summed E-state index contributed by atoms with van der Waals surface area (Å²) in [6.07, 6.45) is -0.00728. The lowest BCUT2D eigenvalue weighted by Crippen LogP contribution is -2.10. The number of esters is 1. The number of nitrogens with zero attached hydrogens (tertiary/aromatic N) is 2. The first-order chi connectivity index (χ1) is 13.0. The van der Waals surface area contributed by atoms with Crippen molar-refractivity contribution in [3.8, 4) is 11.3 Å². The van der Waals surface area contributed by atoms with Gasteiger partial charge >= 0.3 is 5.97 Å². The second-order valence-corrected chi connectivity index (χ2v) is 6.95. The predicted octanol–water partition coefficient (Wildman–Crippen LogP) is 3.76. The molecule has 0 amide bonds. The van der Waals surface area contributed by atoms with Crippen molar-refractivity contribution in [3.63, 3.8) is 0 Å². The third kappa shape index (κ3) is 4.06. The van der Waals surface area contributed by atoms with Crippen LogP contribution in [-0.2, 0) is 20.7 Å². The van der Waals surface area contributed by atoms with Gasteiger partial charge in [-0.1, -0.05) is 30.3 Å². The van der Waals surface area contributed by atoms with Crippen molar-refractivity contribution in [2.75, 3.05) is 18.9 Å². The SMILES string of the molecule is CCOC(=O)Cc1nc(-c2ccccc2)c2c(N)c(C(=S)OCC)sc2n1. The first kappa shape index (κ1) is 19.2. The van der Waals surface area contributed by atoms with E-state index >= 15 is 0 Å². The molecule has 0 saturated heterocycles. The molecule has 0 aliphatic rings. The van der Waals surface area contributed by atoms with E-state index in [0.717, 1.165) is 10.9 Å². The fraction of sp³-hybridized carbons (Fsp3) is 0.263.